The van der Waals surface area contributed by atoms with Crippen molar-refractivity contribution in [2.75, 3.05) is 0 Å². The highest BCUT2D eigenvalue weighted by Gasteiger charge is 2.33. The van der Waals surface area contributed by atoms with Gasteiger partial charge in [-0.25, -0.2) is 4.98 Å². The third-order valence-electron chi connectivity index (χ3n) is 4.91. The second-order valence-electron chi connectivity index (χ2n) is 6.58. The number of halogens is 3. The third kappa shape index (κ3) is 3.52. The van der Waals surface area contributed by atoms with Crippen LogP contribution in [-0.2, 0) is 12.7 Å². The van der Waals surface area contributed by atoms with Gasteiger partial charge in [0.05, 0.1) is 5.56 Å². The summed E-state index contributed by atoms with van der Waals surface area (Å²) in [5.74, 6) is 0.749. The minimum Gasteiger partial charge on any atom is -0.330 e. The van der Waals surface area contributed by atoms with E-state index in [2.05, 4.69) is 31.0 Å². The number of aromatic nitrogens is 2. The average Bonchev–Trinajstić information content (AvgIpc) is 3.04. The first-order valence-electron chi connectivity index (χ1n) is 8.51. The maximum absolute atomic E-state index is 13.3. The molecule has 0 radical (unpaired) electrons. The van der Waals surface area contributed by atoms with Gasteiger partial charge in [-0.2, -0.15) is 13.2 Å². The van der Waals surface area contributed by atoms with E-state index in [1.165, 1.54) is 23.3 Å². The summed E-state index contributed by atoms with van der Waals surface area (Å²) >= 11 is 0. The lowest BCUT2D eigenvalue weighted by molar-refractivity contribution is -0.138. The lowest BCUT2D eigenvalue weighted by Gasteiger charge is -2.19. The van der Waals surface area contributed by atoms with Gasteiger partial charge in [0.15, 0.2) is 0 Å². The Hall–Kier alpha value is -2.56. The number of alkyl halides is 3. The number of benzene rings is 2. The number of hydrogen-bond acceptors (Lipinski definition) is 1. The van der Waals surface area contributed by atoms with Crippen LogP contribution in [0.5, 0.6) is 0 Å². The zero-order chi connectivity index (χ0) is 18.9. The summed E-state index contributed by atoms with van der Waals surface area (Å²) in [6.45, 7) is 6.29. The molecular weight excluding hydrogens is 337 g/mol. The molecule has 0 aliphatic rings. The summed E-state index contributed by atoms with van der Waals surface area (Å²) in [7, 11) is 0. The summed E-state index contributed by atoms with van der Waals surface area (Å²) in [6.07, 6.45) is -0.979. The van der Waals surface area contributed by atoms with Gasteiger partial charge < -0.3 is 4.57 Å². The van der Waals surface area contributed by atoms with Gasteiger partial charge in [-0.05, 0) is 42.2 Å². The molecule has 3 aromatic rings. The largest absolute Gasteiger partial charge is 0.416 e. The molecule has 2 nitrogen and oxygen atoms in total. The first-order valence-corrected chi connectivity index (χ1v) is 8.51. The van der Waals surface area contributed by atoms with Crippen LogP contribution in [0.4, 0.5) is 13.2 Å². The molecule has 0 fully saturated rings. The number of aryl methyl sites for hydroxylation is 1. The van der Waals surface area contributed by atoms with E-state index in [1.54, 1.807) is 23.0 Å². The van der Waals surface area contributed by atoms with Crippen LogP contribution in [0.2, 0.25) is 0 Å². The van der Waals surface area contributed by atoms with Gasteiger partial charge >= 0.3 is 6.18 Å². The van der Waals surface area contributed by atoms with Crippen LogP contribution in [0, 0.1) is 13.8 Å². The molecule has 0 saturated heterocycles. The predicted molar refractivity (Wildman–Crippen MR) is 96.2 cm³/mol. The maximum Gasteiger partial charge on any atom is 0.416 e. The highest BCUT2D eigenvalue weighted by atomic mass is 19.4. The molecular formula is C21H21F3N2. The highest BCUT2D eigenvalue weighted by molar-refractivity contribution is 5.38. The Labute approximate surface area is 151 Å². The summed E-state index contributed by atoms with van der Waals surface area (Å²) in [5.41, 5.74) is 3.16. The Morgan fingerprint density at radius 3 is 2.50 bits per heavy atom. The molecule has 3 rings (SSSR count). The van der Waals surface area contributed by atoms with E-state index in [-0.39, 0.29) is 18.0 Å². The van der Waals surface area contributed by atoms with Crippen LogP contribution in [0.25, 0.3) is 0 Å². The normalized spacial score (nSPS) is 13.0. The van der Waals surface area contributed by atoms with Crippen LogP contribution in [0.1, 0.15) is 46.5 Å². The van der Waals surface area contributed by atoms with E-state index in [1.807, 2.05) is 13.0 Å². The van der Waals surface area contributed by atoms with Gasteiger partial charge in [-0.1, -0.05) is 43.3 Å². The van der Waals surface area contributed by atoms with Crippen LogP contribution < -0.4 is 0 Å². The van der Waals surface area contributed by atoms with Crippen molar-refractivity contribution in [2.24, 2.45) is 0 Å². The first kappa shape index (κ1) is 18.2. The zero-order valence-corrected chi connectivity index (χ0v) is 15.0. The molecule has 136 valence electrons. The highest BCUT2D eigenvalue weighted by Crippen LogP contribution is 2.33. The van der Waals surface area contributed by atoms with Crippen molar-refractivity contribution in [1.29, 1.82) is 0 Å². The van der Waals surface area contributed by atoms with Crippen molar-refractivity contribution in [3.63, 3.8) is 0 Å². The monoisotopic (exact) mass is 358 g/mol. The van der Waals surface area contributed by atoms with E-state index >= 15 is 0 Å². The van der Waals surface area contributed by atoms with Crippen molar-refractivity contribution >= 4 is 0 Å². The van der Waals surface area contributed by atoms with E-state index in [0.29, 0.717) is 0 Å². The second kappa shape index (κ2) is 6.98. The quantitative estimate of drug-likeness (QED) is 0.583. The molecule has 2 aromatic carbocycles. The van der Waals surface area contributed by atoms with Gasteiger partial charge in [-0.3, -0.25) is 0 Å². The van der Waals surface area contributed by atoms with E-state index in [0.717, 1.165) is 17.5 Å². The van der Waals surface area contributed by atoms with Gasteiger partial charge in [0, 0.05) is 24.9 Å². The van der Waals surface area contributed by atoms with Crippen LogP contribution in [-0.4, -0.2) is 9.55 Å². The second-order valence-corrected chi connectivity index (χ2v) is 6.58. The summed E-state index contributed by atoms with van der Waals surface area (Å²) in [6, 6.07) is 11.8. The molecule has 0 bridgehead atoms. The molecule has 5 heteroatoms. The summed E-state index contributed by atoms with van der Waals surface area (Å²) in [5, 5.41) is 0. The summed E-state index contributed by atoms with van der Waals surface area (Å²) in [4.78, 5) is 4.43. The molecule has 0 unspecified atom stereocenters. The standard InChI is InChI=1S/C21H21F3N2/c1-14-7-6-9-18(15(14)2)16(3)20-25-11-12-26(20)13-17-8-4-5-10-19(17)21(22,23)24/h4-12,16H,13H2,1-3H3/t16-/m0/s1. The van der Waals surface area contributed by atoms with Crippen molar-refractivity contribution in [3.05, 3.63) is 88.5 Å². The minimum atomic E-state index is -4.36. The van der Waals surface area contributed by atoms with Gasteiger partial charge in [0.2, 0.25) is 0 Å². The van der Waals surface area contributed by atoms with Crippen molar-refractivity contribution in [1.82, 2.24) is 9.55 Å². The fourth-order valence-electron chi connectivity index (χ4n) is 3.34. The minimum absolute atomic E-state index is 0.0112. The molecule has 1 aromatic heterocycles. The van der Waals surface area contributed by atoms with E-state index in [9.17, 15) is 13.2 Å². The fraction of sp³-hybridized carbons (Fsp3) is 0.286. The Morgan fingerprint density at radius 1 is 1.04 bits per heavy atom. The SMILES string of the molecule is Cc1cccc([C@H](C)c2nccn2Cc2ccccc2C(F)(F)F)c1C. The number of rotatable bonds is 4. The Balaban J connectivity index is 1.97. The van der Waals surface area contributed by atoms with Crippen molar-refractivity contribution < 1.29 is 13.2 Å². The average molecular weight is 358 g/mol. The van der Waals surface area contributed by atoms with Gasteiger partial charge in [0.1, 0.15) is 5.82 Å². The molecule has 1 atom stereocenters. The first-order chi connectivity index (χ1) is 12.3. The number of imidazole rings is 1. The molecule has 0 saturated carbocycles. The van der Waals surface area contributed by atoms with Crippen LogP contribution in [0.15, 0.2) is 54.9 Å². The molecule has 0 spiro atoms. The van der Waals surface area contributed by atoms with Crippen molar-refractivity contribution in [2.45, 2.75) is 39.4 Å². The van der Waals surface area contributed by atoms with Gasteiger partial charge in [-0.15, -0.1) is 0 Å². The number of hydrogen-bond donors (Lipinski definition) is 0. The molecule has 0 aliphatic carbocycles. The lowest BCUT2D eigenvalue weighted by atomic mass is 9.93. The molecule has 0 aliphatic heterocycles. The molecule has 1 heterocycles. The Kier molecular flexibility index (Phi) is 4.90. The third-order valence-corrected chi connectivity index (χ3v) is 4.91. The fourth-order valence-corrected chi connectivity index (χ4v) is 3.34. The van der Waals surface area contributed by atoms with Crippen LogP contribution >= 0.6 is 0 Å². The number of nitrogens with zero attached hydrogens (tertiary/aromatic N) is 2. The smallest absolute Gasteiger partial charge is 0.330 e. The van der Waals surface area contributed by atoms with Gasteiger partial charge in [0.25, 0.3) is 0 Å². The predicted octanol–water partition coefficient (Wildman–Crippen LogP) is 5.72. The van der Waals surface area contributed by atoms with E-state index < -0.39 is 11.7 Å². The Bertz CT molecular complexity index is 910. The van der Waals surface area contributed by atoms with E-state index in [4.69, 9.17) is 0 Å². The molecule has 0 amide bonds. The van der Waals surface area contributed by atoms with Crippen LogP contribution in [0.3, 0.4) is 0 Å². The molecule has 26 heavy (non-hydrogen) atoms. The van der Waals surface area contributed by atoms with Crippen molar-refractivity contribution in [3.8, 4) is 0 Å². The molecule has 0 N–H and O–H groups in total. The zero-order valence-electron chi connectivity index (χ0n) is 15.0. The maximum atomic E-state index is 13.3. The summed E-state index contributed by atoms with van der Waals surface area (Å²) < 4.78 is 41.6. The lowest BCUT2D eigenvalue weighted by Crippen LogP contribution is -2.14. The Morgan fingerprint density at radius 2 is 1.77 bits per heavy atom. The topological polar surface area (TPSA) is 17.8 Å².